The second-order valence-corrected chi connectivity index (χ2v) is 6.63. The van der Waals surface area contributed by atoms with Crippen LogP contribution in [0.1, 0.15) is 30.5 Å². The molecule has 2 fully saturated rings. The van der Waals surface area contributed by atoms with Crippen LogP contribution in [0.25, 0.3) is 0 Å². The van der Waals surface area contributed by atoms with E-state index in [2.05, 4.69) is 34.1 Å². The second kappa shape index (κ2) is 7.32. The van der Waals surface area contributed by atoms with Crippen molar-refractivity contribution >= 4 is 0 Å². The molecule has 2 aliphatic rings. The molecule has 0 bridgehead atoms. The lowest BCUT2D eigenvalue weighted by Gasteiger charge is -2.37. The molecule has 24 heavy (non-hydrogen) atoms. The first-order chi connectivity index (χ1) is 11.9. The Kier molecular flexibility index (Phi) is 4.76. The van der Waals surface area contributed by atoms with Gasteiger partial charge in [-0.3, -0.25) is 9.88 Å². The Morgan fingerprint density at radius 2 is 2.04 bits per heavy atom. The fraction of sp³-hybridized carbons (Fsp3) is 0.450. The number of benzene rings is 1. The maximum atomic E-state index is 5.90. The summed E-state index contributed by atoms with van der Waals surface area (Å²) in [6, 6.07) is 15.0. The molecule has 4 nitrogen and oxygen atoms in total. The van der Waals surface area contributed by atoms with Crippen LogP contribution in [-0.4, -0.2) is 35.2 Å². The highest BCUT2D eigenvalue weighted by Gasteiger charge is 2.35. The third kappa shape index (κ3) is 3.60. The zero-order valence-corrected chi connectivity index (χ0v) is 13.9. The van der Waals surface area contributed by atoms with E-state index in [0.717, 1.165) is 31.1 Å². The van der Waals surface area contributed by atoms with Crippen LogP contribution in [0.3, 0.4) is 0 Å². The van der Waals surface area contributed by atoms with Crippen LogP contribution in [-0.2, 0) is 17.9 Å². The minimum atomic E-state index is 0.458. The molecule has 0 radical (unpaired) electrons. The van der Waals surface area contributed by atoms with Gasteiger partial charge in [0, 0.05) is 25.3 Å². The summed E-state index contributed by atoms with van der Waals surface area (Å²) in [7, 11) is 0. The molecule has 2 atom stereocenters. The predicted molar refractivity (Wildman–Crippen MR) is 92.8 cm³/mol. The average Bonchev–Trinajstić information content (AvgIpc) is 3.12. The minimum Gasteiger partial charge on any atom is -0.487 e. The highest BCUT2D eigenvalue weighted by Crippen LogP contribution is 2.30. The van der Waals surface area contributed by atoms with E-state index in [0.29, 0.717) is 18.8 Å². The Morgan fingerprint density at radius 3 is 2.88 bits per heavy atom. The van der Waals surface area contributed by atoms with E-state index < -0.39 is 0 Å². The van der Waals surface area contributed by atoms with Gasteiger partial charge in [-0.1, -0.05) is 18.2 Å². The summed E-state index contributed by atoms with van der Waals surface area (Å²) >= 11 is 0. The topological polar surface area (TPSA) is 34.6 Å². The van der Waals surface area contributed by atoms with Gasteiger partial charge in [0.25, 0.3) is 0 Å². The molecule has 1 aromatic carbocycles. The number of pyridine rings is 1. The van der Waals surface area contributed by atoms with E-state index in [1.54, 1.807) is 6.20 Å². The van der Waals surface area contributed by atoms with Gasteiger partial charge in [-0.25, -0.2) is 0 Å². The highest BCUT2D eigenvalue weighted by molar-refractivity contribution is 5.27. The number of morpholine rings is 1. The van der Waals surface area contributed by atoms with E-state index in [4.69, 9.17) is 9.47 Å². The van der Waals surface area contributed by atoms with Crippen molar-refractivity contribution in [2.45, 2.75) is 44.6 Å². The summed E-state index contributed by atoms with van der Waals surface area (Å²) in [5.41, 5.74) is 2.29. The molecule has 2 aromatic rings. The molecule has 0 unspecified atom stereocenters. The minimum absolute atomic E-state index is 0.458. The molecule has 0 spiro atoms. The van der Waals surface area contributed by atoms with Crippen molar-refractivity contribution in [1.82, 2.24) is 9.88 Å². The van der Waals surface area contributed by atoms with Crippen molar-refractivity contribution in [3.63, 3.8) is 0 Å². The first kappa shape index (κ1) is 15.6. The predicted octanol–water partition coefficient (Wildman–Crippen LogP) is 3.41. The summed E-state index contributed by atoms with van der Waals surface area (Å²) < 4.78 is 11.7. The van der Waals surface area contributed by atoms with Gasteiger partial charge < -0.3 is 9.47 Å². The third-order valence-corrected chi connectivity index (χ3v) is 5.02. The molecule has 2 heterocycles. The first-order valence-corrected chi connectivity index (χ1v) is 8.86. The summed E-state index contributed by atoms with van der Waals surface area (Å²) in [6.07, 6.45) is 6.05. The molecule has 0 amide bonds. The van der Waals surface area contributed by atoms with Crippen molar-refractivity contribution < 1.29 is 9.47 Å². The van der Waals surface area contributed by atoms with Crippen LogP contribution in [0.15, 0.2) is 48.7 Å². The molecular formula is C20H24N2O2. The molecule has 1 aliphatic carbocycles. The molecular weight excluding hydrogens is 300 g/mol. The first-order valence-electron chi connectivity index (χ1n) is 8.86. The van der Waals surface area contributed by atoms with Gasteiger partial charge >= 0.3 is 0 Å². The van der Waals surface area contributed by atoms with Gasteiger partial charge in [0.05, 0.1) is 18.4 Å². The SMILES string of the molecule is c1ccc(COc2ccc(CN3CCO[C@@H]4CCC[C@@H]43)cc2)nc1. The largest absolute Gasteiger partial charge is 0.487 e. The maximum absolute atomic E-state index is 5.90. The summed E-state index contributed by atoms with van der Waals surface area (Å²) in [6.45, 7) is 3.42. The van der Waals surface area contributed by atoms with Crippen molar-refractivity contribution in [2.75, 3.05) is 13.2 Å². The van der Waals surface area contributed by atoms with Gasteiger partial charge in [-0.05, 0) is 49.1 Å². The van der Waals surface area contributed by atoms with Gasteiger partial charge in [-0.15, -0.1) is 0 Å². The van der Waals surface area contributed by atoms with Crippen LogP contribution in [0.4, 0.5) is 0 Å². The molecule has 4 heteroatoms. The summed E-state index contributed by atoms with van der Waals surface area (Å²) in [4.78, 5) is 6.86. The number of ether oxygens (including phenoxy) is 2. The van der Waals surface area contributed by atoms with Crippen LogP contribution < -0.4 is 4.74 Å². The Morgan fingerprint density at radius 1 is 1.12 bits per heavy atom. The highest BCUT2D eigenvalue weighted by atomic mass is 16.5. The standard InChI is InChI=1S/C20H24N2O2/c1-2-11-21-17(4-1)15-24-18-9-7-16(8-10-18)14-22-12-13-23-20-6-3-5-19(20)22/h1-2,4,7-11,19-20H,3,5-6,12-15H2/t19-,20+/m0/s1. The Hall–Kier alpha value is -1.91. The maximum Gasteiger partial charge on any atom is 0.130 e. The average molecular weight is 324 g/mol. The van der Waals surface area contributed by atoms with Crippen molar-refractivity contribution in [3.8, 4) is 5.75 Å². The second-order valence-electron chi connectivity index (χ2n) is 6.63. The smallest absolute Gasteiger partial charge is 0.130 e. The number of hydrogen-bond acceptors (Lipinski definition) is 4. The summed E-state index contributed by atoms with van der Waals surface area (Å²) in [5, 5.41) is 0. The van der Waals surface area contributed by atoms with E-state index in [-0.39, 0.29) is 0 Å². The monoisotopic (exact) mass is 324 g/mol. The molecule has 4 rings (SSSR count). The fourth-order valence-corrected chi connectivity index (χ4v) is 3.77. The third-order valence-electron chi connectivity index (χ3n) is 5.02. The number of nitrogens with zero attached hydrogens (tertiary/aromatic N) is 2. The Bertz CT molecular complexity index is 644. The van der Waals surface area contributed by atoms with E-state index >= 15 is 0 Å². The molecule has 1 saturated heterocycles. The Labute approximate surface area is 143 Å². The number of hydrogen-bond donors (Lipinski definition) is 0. The van der Waals surface area contributed by atoms with Gasteiger partial charge in [0.2, 0.25) is 0 Å². The summed E-state index contributed by atoms with van der Waals surface area (Å²) in [5.74, 6) is 0.894. The lowest BCUT2D eigenvalue weighted by molar-refractivity contribution is -0.0588. The Balaban J connectivity index is 1.34. The number of rotatable bonds is 5. The van der Waals surface area contributed by atoms with Gasteiger partial charge in [-0.2, -0.15) is 0 Å². The van der Waals surface area contributed by atoms with Gasteiger partial charge in [0.1, 0.15) is 12.4 Å². The molecule has 1 aliphatic heterocycles. The number of fused-ring (bicyclic) bond motifs is 1. The lowest BCUT2D eigenvalue weighted by Crippen LogP contribution is -2.47. The van der Waals surface area contributed by atoms with Gasteiger partial charge in [0.15, 0.2) is 0 Å². The van der Waals surface area contributed by atoms with Crippen LogP contribution in [0.5, 0.6) is 5.75 Å². The molecule has 1 aromatic heterocycles. The van der Waals surface area contributed by atoms with Crippen molar-refractivity contribution in [3.05, 3.63) is 59.9 Å². The normalized spacial score (nSPS) is 23.8. The van der Waals surface area contributed by atoms with Crippen molar-refractivity contribution in [2.24, 2.45) is 0 Å². The van der Waals surface area contributed by atoms with Crippen LogP contribution in [0, 0.1) is 0 Å². The van der Waals surface area contributed by atoms with Crippen LogP contribution >= 0.6 is 0 Å². The number of aromatic nitrogens is 1. The van der Waals surface area contributed by atoms with E-state index in [1.807, 2.05) is 18.2 Å². The lowest BCUT2D eigenvalue weighted by atomic mass is 10.1. The zero-order valence-electron chi connectivity index (χ0n) is 13.9. The fourth-order valence-electron chi connectivity index (χ4n) is 3.77. The quantitative estimate of drug-likeness (QED) is 0.844. The zero-order chi connectivity index (χ0) is 16.2. The molecule has 1 saturated carbocycles. The molecule has 0 N–H and O–H groups in total. The van der Waals surface area contributed by atoms with Crippen LogP contribution in [0.2, 0.25) is 0 Å². The van der Waals surface area contributed by atoms with Crippen molar-refractivity contribution in [1.29, 1.82) is 0 Å². The molecule has 126 valence electrons. The van der Waals surface area contributed by atoms with E-state index in [9.17, 15) is 0 Å². The van der Waals surface area contributed by atoms with E-state index in [1.165, 1.54) is 24.8 Å².